The van der Waals surface area contributed by atoms with Crippen molar-refractivity contribution in [2.24, 2.45) is 5.73 Å². The third-order valence-electron chi connectivity index (χ3n) is 2.20. The Labute approximate surface area is 113 Å². The Bertz CT molecular complexity index is 384. The van der Waals surface area contributed by atoms with E-state index in [-0.39, 0.29) is 12.4 Å². The van der Waals surface area contributed by atoms with Gasteiger partial charge in [-0.2, -0.15) is 0 Å². The Balaban J connectivity index is 0.00000289. The van der Waals surface area contributed by atoms with E-state index in [1.807, 2.05) is 0 Å². The SMILES string of the molecule is COCCCOc1cccc(C(N)=O)c1OC.Cl. The van der Waals surface area contributed by atoms with E-state index in [1.165, 1.54) is 7.11 Å². The molecule has 0 unspecified atom stereocenters. The van der Waals surface area contributed by atoms with E-state index >= 15 is 0 Å². The number of carbonyl (C=O) groups is 1. The maximum atomic E-state index is 11.2. The number of hydrogen-bond acceptors (Lipinski definition) is 4. The standard InChI is InChI=1S/C12H17NO4.ClH/c1-15-7-4-8-17-10-6-3-5-9(12(13)14)11(10)16-2;/h3,5-6H,4,7-8H2,1-2H3,(H2,13,14);1H. The molecule has 0 saturated heterocycles. The van der Waals surface area contributed by atoms with Gasteiger partial charge in [-0.05, 0) is 12.1 Å². The zero-order chi connectivity index (χ0) is 12.7. The first-order valence-corrected chi connectivity index (χ1v) is 5.29. The van der Waals surface area contributed by atoms with E-state index in [0.717, 1.165) is 6.42 Å². The number of carbonyl (C=O) groups excluding carboxylic acids is 1. The molecule has 1 amide bonds. The summed E-state index contributed by atoms with van der Waals surface area (Å²) in [7, 11) is 3.11. The predicted octanol–water partition coefficient (Wildman–Crippen LogP) is 1.63. The van der Waals surface area contributed by atoms with E-state index < -0.39 is 5.91 Å². The molecule has 0 aliphatic carbocycles. The van der Waals surface area contributed by atoms with Crippen molar-refractivity contribution in [2.45, 2.75) is 6.42 Å². The third-order valence-corrected chi connectivity index (χ3v) is 2.20. The van der Waals surface area contributed by atoms with Crippen molar-refractivity contribution in [1.29, 1.82) is 0 Å². The van der Waals surface area contributed by atoms with Crippen LogP contribution in [0.3, 0.4) is 0 Å². The minimum Gasteiger partial charge on any atom is -0.492 e. The van der Waals surface area contributed by atoms with Crippen LogP contribution in [0.1, 0.15) is 16.8 Å². The molecule has 0 saturated carbocycles. The lowest BCUT2D eigenvalue weighted by Crippen LogP contribution is -2.13. The molecule has 1 rings (SSSR count). The lowest BCUT2D eigenvalue weighted by Gasteiger charge is -2.12. The second kappa shape index (κ2) is 8.60. The van der Waals surface area contributed by atoms with E-state index in [2.05, 4.69) is 0 Å². The van der Waals surface area contributed by atoms with Gasteiger partial charge in [0, 0.05) is 20.1 Å². The van der Waals surface area contributed by atoms with Crippen LogP contribution in [0.2, 0.25) is 0 Å². The quantitative estimate of drug-likeness (QED) is 0.768. The zero-order valence-corrected chi connectivity index (χ0v) is 11.3. The summed E-state index contributed by atoms with van der Waals surface area (Å²) in [6.45, 7) is 1.12. The maximum absolute atomic E-state index is 11.2. The largest absolute Gasteiger partial charge is 0.492 e. The predicted molar refractivity (Wildman–Crippen MR) is 70.7 cm³/mol. The van der Waals surface area contributed by atoms with Crippen LogP contribution in [0.4, 0.5) is 0 Å². The Kier molecular flexibility index (Phi) is 7.91. The topological polar surface area (TPSA) is 70.8 Å². The molecule has 0 bridgehead atoms. The number of ether oxygens (including phenoxy) is 3. The Morgan fingerprint density at radius 2 is 2.00 bits per heavy atom. The highest BCUT2D eigenvalue weighted by atomic mass is 35.5. The number of para-hydroxylation sites is 1. The van der Waals surface area contributed by atoms with Gasteiger partial charge in [0.05, 0.1) is 19.3 Å². The first-order valence-electron chi connectivity index (χ1n) is 5.29. The van der Waals surface area contributed by atoms with Crippen molar-refractivity contribution in [1.82, 2.24) is 0 Å². The van der Waals surface area contributed by atoms with Crippen molar-refractivity contribution in [3.8, 4) is 11.5 Å². The van der Waals surface area contributed by atoms with Crippen LogP contribution in [0.15, 0.2) is 18.2 Å². The fraction of sp³-hybridized carbons (Fsp3) is 0.417. The number of primary amides is 1. The van der Waals surface area contributed by atoms with Crippen molar-refractivity contribution < 1.29 is 19.0 Å². The molecular weight excluding hydrogens is 258 g/mol. The van der Waals surface area contributed by atoms with Crippen LogP contribution in [-0.4, -0.2) is 33.3 Å². The number of hydrogen-bond donors (Lipinski definition) is 1. The van der Waals surface area contributed by atoms with Crippen LogP contribution in [0.25, 0.3) is 0 Å². The van der Waals surface area contributed by atoms with E-state index in [0.29, 0.717) is 30.3 Å². The normalized spacial score (nSPS) is 9.44. The summed E-state index contributed by atoms with van der Waals surface area (Å²) < 4.78 is 15.6. The molecule has 2 N–H and O–H groups in total. The smallest absolute Gasteiger partial charge is 0.252 e. The molecule has 1 aromatic carbocycles. The van der Waals surface area contributed by atoms with Gasteiger partial charge >= 0.3 is 0 Å². The molecule has 6 heteroatoms. The van der Waals surface area contributed by atoms with Crippen LogP contribution in [0.5, 0.6) is 11.5 Å². The summed E-state index contributed by atoms with van der Waals surface area (Å²) in [4.78, 5) is 11.2. The molecule has 0 aromatic heterocycles. The molecule has 0 aliphatic heterocycles. The highest BCUT2D eigenvalue weighted by Crippen LogP contribution is 2.30. The Morgan fingerprint density at radius 3 is 2.56 bits per heavy atom. The highest BCUT2D eigenvalue weighted by molar-refractivity contribution is 5.96. The summed E-state index contributed by atoms with van der Waals surface area (Å²) in [5.74, 6) is 0.349. The fourth-order valence-corrected chi connectivity index (χ4v) is 1.42. The van der Waals surface area contributed by atoms with Gasteiger partial charge in [0.15, 0.2) is 11.5 Å². The van der Waals surface area contributed by atoms with Crippen LogP contribution in [0, 0.1) is 0 Å². The van der Waals surface area contributed by atoms with Crippen LogP contribution >= 0.6 is 12.4 Å². The van der Waals surface area contributed by atoms with Gasteiger partial charge in [-0.3, -0.25) is 4.79 Å². The average Bonchev–Trinajstić information content (AvgIpc) is 2.34. The second-order valence-corrected chi connectivity index (χ2v) is 3.40. The summed E-state index contributed by atoms with van der Waals surface area (Å²) in [5, 5.41) is 0. The van der Waals surface area contributed by atoms with Gasteiger partial charge in [-0.15, -0.1) is 12.4 Å². The molecule has 0 atom stereocenters. The van der Waals surface area contributed by atoms with Crippen LogP contribution in [-0.2, 0) is 4.74 Å². The van der Waals surface area contributed by atoms with Gasteiger partial charge in [-0.1, -0.05) is 6.07 Å². The van der Waals surface area contributed by atoms with Crippen molar-refractivity contribution in [3.63, 3.8) is 0 Å². The highest BCUT2D eigenvalue weighted by Gasteiger charge is 2.13. The lowest BCUT2D eigenvalue weighted by atomic mass is 10.2. The van der Waals surface area contributed by atoms with Crippen molar-refractivity contribution >= 4 is 18.3 Å². The van der Waals surface area contributed by atoms with Gasteiger partial charge in [-0.25, -0.2) is 0 Å². The van der Waals surface area contributed by atoms with Crippen molar-refractivity contribution in [3.05, 3.63) is 23.8 Å². The molecule has 18 heavy (non-hydrogen) atoms. The molecule has 0 heterocycles. The van der Waals surface area contributed by atoms with Gasteiger partial charge in [0.25, 0.3) is 5.91 Å². The minimum atomic E-state index is -0.538. The molecule has 0 radical (unpaired) electrons. The van der Waals surface area contributed by atoms with Gasteiger partial charge in [0.1, 0.15) is 0 Å². The zero-order valence-electron chi connectivity index (χ0n) is 10.5. The molecule has 1 aromatic rings. The number of nitrogens with two attached hydrogens (primary N) is 1. The van der Waals surface area contributed by atoms with Crippen molar-refractivity contribution in [2.75, 3.05) is 27.4 Å². The average molecular weight is 276 g/mol. The number of methoxy groups -OCH3 is 2. The first-order chi connectivity index (χ1) is 8.20. The molecule has 0 spiro atoms. The summed E-state index contributed by atoms with van der Waals surface area (Å²) in [6.07, 6.45) is 0.764. The monoisotopic (exact) mass is 275 g/mol. The number of benzene rings is 1. The van der Waals surface area contributed by atoms with E-state index in [1.54, 1.807) is 25.3 Å². The van der Waals surface area contributed by atoms with Gasteiger partial charge < -0.3 is 19.9 Å². The molecule has 0 fully saturated rings. The fourth-order valence-electron chi connectivity index (χ4n) is 1.42. The third kappa shape index (κ3) is 4.43. The molecule has 5 nitrogen and oxygen atoms in total. The Morgan fingerprint density at radius 1 is 1.28 bits per heavy atom. The molecule has 102 valence electrons. The maximum Gasteiger partial charge on any atom is 0.252 e. The minimum absolute atomic E-state index is 0. The number of rotatable bonds is 7. The molecule has 0 aliphatic rings. The second-order valence-electron chi connectivity index (χ2n) is 3.40. The van der Waals surface area contributed by atoms with Gasteiger partial charge in [0.2, 0.25) is 0 Å². The summed E-state index contributed by atoms with van der Waals surface area (Å²) >= 11 is 0. The molecular formula is C12H18ClNO4. The number of amides is 1. The first kappa shape index (κ1) is 16.5. The summed E-state index contributed by atoms with van der Waals surface area (Å²) in [6, 6.07) is 5.04. The lowest BCUT2D eigenvalue weighted by molar-refractivity contribution is 0.0996. The van der Waals surface area contributed by atoms with Crippen LogP contribution < -0.4 is 15.2 Å². The van der Waals surface area contributed by atoms with E-state index in [9.17, 15) is 4.79 Å². The van der Waals surface area contributed by atoms with E-state index in [4.69, 9.17) is 19.9 Å². The number of halogens is 1. The summed E-state index contributed by atoms with van der Waals surface area (Å²) in [5.41, 5.74) is 5.56. The Hall–Kier alpha value is -1.46.